The van der Waals surface area contributed by atoms with Gasteiger partial charge in [-0.05, 0) is 77.0 Å². The predicted octanol–water partition coefficient (Wildman–Crippen LogP) is 11.9. The molecule has 9 heteroatoms. The molecule has 0 rings (SSSR count). The van der Waals surface area contributed by atoms with E-state index in [1.165, 1.54) is 0 Å². The summed E-state index contributed by atoms with van der Waals surface area (Å²) in [6.07, 6.45) is 50.9. The van der Waals surface area contributed by atoms with Crippen molar-refractivity contribution in [3.8, 4) is 0 Å². The van der Waals surface area contributed by atoms with Crippen molar-refractivity contribution in [1.82, 2.24) is 0 Å². The SMILES string of the molecule is CC/C=C\C/C=C\C/C=C\C/C=C\C/C=C\C/C=C\C/C=C\C/C=C\CCCCCCC(=O)OC(COC(=O)CCCCCCC)COC(OCC[N+](C)(C)C)C(=O)O. The van der Waals surface area contributed by atoms with Gasteiger partial charge < -0.3 is 28.5 Å². The Kier molecular flexibility index (Phi) is 38.3. The molecule has 2 unspecified atom stereocenters. The van der Waals surface area contributed by atoms with Gasteiger partial charge in [-0.25, -0.2) is 4.79 Å². The highest BCUT2D eigenvalue weighted by molar-refractivity contribution is 5.71. The lowest BCUT2D eigenvalue weighted by atomic mass is 10.1. The van der Waals surface area contributed by atoms with Crippen molar-refractivity contribution in [2.45, 2.75) is 155 Å². The number of nitrogens with zero attached hydrogens (tertiary/aromatic N) is 1. The number of quaternary nitrogens is 1. The van der Waals surface area contributed by atoms with Crippen LogP contribution in [0.4, 0.5) is 0 Å². The minimum atomic E-state index is -1.52. The zero-order valence-electron chi connectivity index (χ0n) is 37.6. The Hall–Kier alpha value is -3.79. The smallest absolute Gasteiger partial charge is 0.361 e. The maximum Gasteiger partial charge on any atom is 0.361 e. The van der Waals surface area contributed by atoms with Gasteiger partial charge in [0.2, 0.25) is 0 Å². The molecule has 0 amide bonds. The van der Waals surface area contributed by atoms with Crippen molar-refractivity contribution in [3.63, 3.8) is 0 Å². The highest BCUT2D eigenvalue weighted by Crippen LogP contribution is 2.11. The van der Waals surface area contributed by atoms with E-state index in [0.29, 0.717) is 17.4 Å². The third-order valence-corrected chi connectivity index (χ3v) is 8.86. The summed E-state index contributed by atoms with van der Waals surface area (Å²) in [6.45, 7) is 4.59. The third kappa shape index (κ3) is 42.1. The molecule has 59 heavy (non-hydrogen) atoms. The average molecular weight is 825 g/mol. The molecule has 0 heterocycles. The molecular weight excluding hydrogens is 743 g/mol. The fraction of sp³-hybridized carbons (Fsp3) is 0.620. The number of hydrogen-bond donors (Lipinski definition) is 1. The van der Waals surface area contributed by atoms with Crippen LogP contribution < -0.4 is 0 Å². The first-order valence-corrected chi connectivity index (χ1v) is 22.4. The van der Waals surface area contributed by atoms with Gasteiger partial charge >= 0.3 is 17.9 Å². The minimum absolute atomic E-state index is 0.177. The number of allylic oxidation sites excluding steroid dienone is 16. The molecule has 0 spiro atoms. The van der Waals surface area contributed by atoms with Crippen LogP contribution in [0.3, 0.4) is 0 Å². The molecule has 0 aliphatic rings. The molecule has 0 fully saturated rings. The molecule has 2 atom stereocenters. The van der Waals surface area contributed by atoms with Crippen molar-refractivity contribution in [3.05, 3.63) is 97.2 Å². The summed E-state index contributed by atoms with van der Waals surface area (Å²) >= 11 is 0. The maximum atomic E-state index is 12.7. The second kappa shape index (κ2) is 41.0. The Bertz CT molecular complexity index is 1280. The number of hydrogen-bond acceptors (Lipinski definition) is 7. The number of rotatable bonds is 39. The molecule has 0 saturated heterocycles. The summed E-state index contributed by atoms with van der Waals surface area (Å²) < 4.78 is 22.5. The van der Waals surface area contributed by atoms with Gasteiger partial charge in [0, 0.05) is 12.8 Å². The first-order chi connectivity index (χ1) is 28.6. The van der Waals surface area contributed by atoms with Gasteiger partial charge in [0.05, 0.1) is 34.4 Å². The van der Waals surface area contributed by atoms with Gasteiger partial charge in [-0.2, -0.15) is 0 Å². The molecule has 0 aromatic heterocycles. The molecule has 0 aromatic rings. The average Bonchev–Trinajstić information content (AvgIpc) is 3.19. The zero-order valence-corrected chi connectivity index (χ0v) is 37.6. The van der Waals surface area contributed by atoms with E-state index in [1.54, 1.807) is 0 Å². The third-order valence-electron chi connectivity index (χ3n) is 8.86. The number of carboxylic acid groups (broad SMARTS) is 1. The fourth-order valence-corrected chi connectivity index (χ4v) is 5.38. The second-order valence-corrected chi connectivity index (χ2v) is 15.6. The Morgan fingerprint density at radius 1 is 0.525 bits per heavy atom. The summed E-state index contributed by atoms with van der Waals surface area (Å²) in [4.78, 5) is 36.7. The van der Waals surface area contributed by atoms with Crippen molar-refractivity contribution >= 4 is 17.9 Å². The molecule has 1 N–H and O–H groups in total. The zero-order chi connectivity index (χ0) is 43.5. The number of carbonyl (C=O) groups excluding carboxylic acids is 2. The van der Waals surface area contributed by atoms with Gasteiger partial charge in [-0.15, -0.1) is 0 Å². The normalized spacial score (nSPS) is 13.8. The van der Waals surface area contributed by atoms with E-state index < -0.39 is 24.3 Å². The molecular formula is C50H82NO8+. The van der Waals surface area contributed by atoms with E-state index in [1.807, 2.05) is 21.1 Å². The van der Waals surface area contributed by atoms with Crippen LogP contribution in [0.25, 0.3) is 0 Å². The molecule has 0 aliphatic heterocycles. The summed E-state index contributed by atoms with van der Waals surface area (Å²) in [5.74, 6) is -2.08. The fourth-order valence-electron chi connectivity index (χ4n) is 5.38. The first-order valence-electron chi connectivity index (χ1n) is 22.4. The van der Waals surface area contributed by atoms with Crippen molar-refractivity contribution in [2.75, 3.05) is 47.5 Å². The monoisotopic (exact) mass is 825 g/mol. The predicted molar refractivity (Wildman–Crippen MR) is 244 cm³/mol. The number of aliphatic carboxylic acids is 1. The van der Waals surface area contributed by atoms with Gasteiger partial charge in [0.25, 0.3) is 6.29 Å². The Labute approximate surface area is 359 Å². The van der Waals surface area contributed by atoms with E-state index in [-0.39, 0.29) is 38.6 Å². The standard InChI is InChI=1S/C50H81NO8/c1-6-8-10-12-13-14-15-16-17-18-19-20-21-22-23-24-25-26-27-28-29-30-31-32-33-34-35-37-39-41-48(53)59-46(44-57-47(52)40-38-36-11-9-7-2)45-58-50(49(54)55)56-43-42-51(3,4)5/h8,10,13-14,16-17,19-20,22-23,25-26,28-29,31-32,46,50H,6-7,9,11-12,15,18,21,24,27,30,33-45H2,1-5H3/p+1/b10-8-,14-13-,17-16-,20-19-,23-22-,26-25-,29-28-,32-31-. The van der Waals surface area contributed by atoms with E-state index >= 15 is 0 Å². The van der Waals surface area contributed by atoms with Crippen LogP contribution in [0, 0.1) is 0 Å². The minimum Gasteiger partial charge on any atom is -0.477 e. The lowest BCUT2D eigenvalue weighted by Crippen LogP contribution is -2.40. The molecule has 0 aromatic carbocycles. The van der Waals surface area contributed by atoms with Gasteiger partial charge in [0.15, 0.2) is 6.10 Å². The van der Waals surface area contributed by atoms with Crippen LogP contribution >= 0.6 is 0 Å². The Morgan fingerprint density at radius 3 is 1.42 bits per heavy atom. The second-order valence-electron chi connectivity index (χ2n) is 15.6. The van der Waals surface area contributed by atoms with Crippen LogP contribution in [-0.2, 0) is 33.3 Å². The number of esters is 2. The number of unbranched alkanes of at least 4 members (excludes halogenated alkanes) is 8. The van der Waals surface area contributed by atoms with Crippen LogP contribution in [0.15, 0.2) is 97.2 Å². The van der Waals surface area contributed by atoms with Crippen LogP contribution in [0.1, 0.15) is 142 Å². The highest BCUT2D eigenvalue weighted by atomic mass is 16.7. The van der Waals surface area contributed by atoms with E-state index in [9.17, 15) is 19.5 Å². The highest BCUT2D eigenvalue weighted by Gasteiger charge is 2.25. The van der Waals surface area contributed by atoms with Gasteiger partial charge in [0.1, 0.15) is 13.2 Å². The largest absolute Gasteiger partial charge is 0.477 e. The first kappa shape index (κ1) is 55.2. The Morgan fingerprint density at radius 2 is 0.966 bits per heavy atom. The summed E-state index contributed by atoms with van der Waals surface area (Å²) in [5, 5.41) is 9.58. The lowest BCUT2D eigenvalue weighted by molar-refractivity contribution is -0.870. The number of ether oxygens (including phenoxy) is 4. The van der Waals surface area contributed by atoms with E-state index in [2.05, 4.69) is 111 Å². The Balaban J connectivity index is 4.27. The van der Waals surface area contributed by atoms with Crippen molar-refractivity contribution < 1.29 is 42.9 Å². The molecule has 0 saturated carbocycles. The van der Waals surface area contributed by atoms with Crippen LogP contribution in [0.5, 0.6) is 0 Å². The van der Waals surface area contributed by atoms with E-state index in [4.69, 9.17) is 18.9 Å². The maximum absolute atomic E-state index is 12.7. The molecule has 9 nitrogen and oxygen atoms in total. The number of carbonyl (C=O) groups is 3. The summed E-state index contributed by atoms with van der Waals surface area (Å²) in [6, 6.07) is 0. The number of carboxylic acids is 1. The summed E-state index contributed by atoms with van der Waals surface area (Å²) in [7, 11) is 5.92. The molecule has 0 aliphatic carbocycles. The molecule has 0 radical (unpaired) electrons. The topological polar surface area (TPSA) is 108 Å². The number of likely N-dealkylation sites (N-methyl/N-ethyl adjacent to an activating group) is 1. The van der Waals surface area contributed by atoms with Crippen LogP contribution in [-0.4, -0.2) is 87.4 Å². The molecule has 334 valence electrons. The van der Waals surface area contributed by atoms with Crippen molar-refractivity contribution in [1.29, 1.82) is 0 Å². The molecule has 0 bridgehead atoms. The summed E-state index contributed by atoms with van der Waals surface area (Å²) in [5.41, 5.74) is 0. The lowest BCUT2D eigenvalue weighted by Gasteiger charge is -2.25. The van der Waals surface area contributed by atoms with Gasteiger partial charge in [-0.1, -0.05) is 150 Å². The van der Waals surface area contributed by atoms with Crippen LogP contribution in [0.2, 0.25) is 0 Å². The van der Waals surface area contributed by atoms with E-state index in [0.717, 1.165) is 109 Å². The van der Waals surface area contributed by atoms with Gasteiger partial charge in [-0.3, -0.25) is 9.59 Å². The van der Waals surface area contributed by atoms with Crippen molar-refractivity contribution in [2.24, 2.45) is 0 Å². The quantitative estimate of drug-likeness (QED) is 0.0215.